The number of carbonyl (C=O) groups excluding carboxylic acids is 1. The minimum absolute atomic E-state index is 0.00615. The van der Waals surface area contributed by atoms with Crippen LogP contribution in [-0.4, -0.2) is 39.6 Å². The lowest BCUT2D eigenvalue weighted by Gasteiger charge is -2.40. The van der Waals surface area contributed by atoms with Gasteiger partial charge in [-0.2, -0.15) is 18.3 Å². The van der Waals surface area contributed by atoms with E-state index in [9.17, 15) is 27.5 Å². The Bertz CT molecular complexity index is 1120. The highest BCUT2D eigenvalue weighted by atomic mass is 19.4. The maximum absolute atomic E-state index is 15.7. The first-order valence-electron chi connectivity index (χ1n) is 10.0. The van der Waals surface area contributed by atoms with E-state index in [1.54, 1.807) is 30.3 Å². The number of rotatable bonds is 4. The van der Waals surface area contributed by atoms with E-state index < -0.39 is 41.6 Å². The van der Waals surface area contributed by atoms with Crippen LogP contribution >= 0.6 is 0 Å². The average molecular weight is 453 g/mol. The van der Waals surface area contributed by atoms with Gasteiger partial charge in [0.2, 0.25) is 5.79 Å². The highest BCUT2D eigenvalue weighted by Gasteiger charge is 2.52. The molecule has 0 aliphatic heterocycles. The molecule has 2 aromatic carbocycles. The molecule has 0 saturated heterocycles. The second-order valence-electron chi connectivity index (χ2n) is 7.93. The molecule has 2 N–H and O–H groups in total. The summed E-state index contributed by atoms with van der Waals surface area (Å²) in [7, 11) is 0. The first-order chi connectivity index (χ1) is 15.1. The summed E-state index contributed by atoms with van der Waals surface area (Å²) in [5.41, 5.74) is -0.435. The number of aliphatic hydroxyl groups excluding tert-OH is 1. The van der Waals surface area contributed by atoms with Crippen LogP contribution in [0.15, 0.2) is 54.7 Å². The molecule has 32 heavy (non-hydrogen) atoms. The first kappa shape index (κ1) is 22.2. The lowest BCUT2D eigenvalue weighted by molar-refractivity contribution is -0.153. The Hall–Kier alpha value is -3.01. The molecule has 0 bridgehead atoms. The highest BCUT2D eigenvalue weighted by molar-refractivity contribution is 5.94. The molecule has 1 aromatic heterocycles. The molecule has 0 radical (unpaired) electrons. The zero-order valence-corrected chi connectivity index (χ0v) is 16.7. The molecule has 1 saturated carbocycles. The second-order valence-corrected chi connectivity index (χ2v) is 7.93. The number of hydrogen-bond donors (Lipinski definition) is 2. The van der Waals surface area contributed by atoms with Gasteiger partial charge in [0.25, 0.3) is 5.91 Å². The van der Waals surface area contributed by atoms with Gasteiger partial charge in [-0.25, -0.2) is 13.5 Å². The summed E-state index contributed by atoms with van der Waals surface area (Å²) in [6, 6.07) is 11.0. The number of nitrogens with zero attached hydrogens (tertiary/aromatic N) is 2. The Labute approximate surface area is 179 Å². The second kappa shape index (κ2) is 8.16. The van der Waals surface area contributed by atoms with Crippen molar-refractivity contribution in [2.45, 2.75) is 37.1 Å². The van der Waals surface area contributed by atoms with Crippen LogP contribution in [0.3, 0.4) is 0 Å². The molecule has 170 valence electrons. The van der Waals surface area contributed by atoms with Crippen molar-refractivity contribution in [2.75, 3.05) is 6.54 Å². The van der Waals surface area contributed by atoms with Crippen molar-refractivity contribution in [3.05, 3.63) is 65.9 Å². The third-order valence-corrected chi connectivity index (χ3v) is 5.84. The van der Waals surface area contributed by atoms with Crippen molar-refractivity contribution >= 4 is 16.8 Å². The lowest BCUT2D eigenvalue weighted by atomic mass is 9.80. The quantitative estimate of drug-likeness (QED) is 0.582. The minimum Gasteiger partial charge on any atom is -0.385 e. The van der Waals surface area contributed by atoms with Crippen molar-refractivity contribution in [2.24, 2.45) is 5.92 Å². The molecule has 10 heteroatoms. The Morgan fingerprint density at radius 1 is 1.22 bits per heavy atom. The topological polar surface area (TPSA) is 67.2 Å². The smallest absolute Gasteiger partial charge is 0.385 e. The Morgan fingerprint density at radius 2 is 1.94 bits per heavy atom. The number of benzene rings is 2. The molecule has 1 amide bonds. The largest absolute Gasteiger partial charge is 0.416 e. The third-order valence-electron chi connectivity index (χ3n) is 5.84. The van der Waals surface area contributed by atoms with Crippen LogP contribution in [0.25, 0.3) is 10.9 Å². The van der Waals surface area contributed by atoms with E-state index in [0.717, 1.165) is 24.4 Å². The van der Waals surface area contributed by atoms with Crippen molar-refractivity contribution in [3.8, 4) is 0 Å². The van der Waals surface area contributed by atoms with Crippen LogP contribution in [0.2, 0.25) is 0 Å². The number of amides is 1. The van der Waals surface area contributed by atoms with Crippen molar-refractivity contribution in [1.29, 1.82) is 0 Å². The van der Waals surface area contributed by atoms with Gasteiger partial charge >= 0.3 is 6.18 Å². The van der Waals surface area contributed by atoms with E-state index in [4.69, 9.17) is 0 Å². The summed E-state index contributed by atoms with van der Waals surface area (Å²) < 4.78 is 70.1. The van der Waals surface area contributed by atoms with E-state index in [2.05, 4.69) is 10.4 Å². The Kier molecular flexibility index (Phi) is 5.66. The molecule has 1 heterocycles. The molecule has 1 fully saturated rings. The molecule has 5 nitrogen and oxygen atoms in total. The molecular formula is C22H20F5N3O2. The molecule has 0 spiro atoms. The third kappa shape index (κ3) is 4.06. The van der Waals surface area contributed by atoms with E-state index in [1.807, 2.05) is 0 Å². The lowest BCUT2D eigenvalue weighted by Crippen LogP contribution is -2.54. The minimum atomic E-state index is -4.57. The van der Waals surface area contributed by atoms with Gasteiger partial charge in [-0.3, -0.25) is 4.79 Å². The van der Waals surface area contributed by atoms with Gasteiger partial charge < -0.3 is 10.4 Å². The molecular weight excluding hydrogens is 433 g/mol. The van der Waals surface area contributed by atoms with E-state index in [0.29, 0.717) is 10.2 Å². The summed E-state index contributed by atoms with van der Waals surface area (Å²) in [5.74, 6) is -3.87. The summed E-state index contributed by atoms with van der Waals surface area (Å²) in [5, 5.41) is 17.0. The molecule has 4 rings (SSSR count). The van der Waals surface area contributed by atoms with Crippen LogP contribution in [0.1, 0.15) is 28.8 Å². The summed E-state index contributed by atoms with van der Waals surface area (Å²) in [6.45, 7) is -0.0991. The number of hydrogen-bond acceptors (Lipinski definition) is 3. The highest BCUT2D eigenvalue weighted by Crippen LogP contribution is 2.41. The van der Waals surface area contributed by atoms with E-state index >= 15 is 4.39 Å². The maximum Gasteiger partial charge on any atom is 0.416 e. The van der Waals surface area contributed by atoms with Crippen molar-refractivity contribution in [3.63, 3.8) is 0 Å². The van der Waals surface area contributed by atoms with Crippen LogP contribution in [-0.2, 0) is 12.0 Å². The van der Waals surface area contributed by atoms with Crippen molar-refractivity contribution < 1.29 is 31.9 Å². The number of carbonyl (C=O) groups is 1. The number of alkyl halides is 5. The van der Waals surface area contributed by atoms with Gasteiger partial charge in [0.15, 0.2) is 0 Å². The zero-order chi connectivity index (χ0) is 23.1. The number of nitrogens with one attached hydrogen (secondary N) is 1. The van der Waals surface area contributed by atoms with E-state index in [1.165, 1.54) is 0 Å². The first-order valence-corrected chi connectivity index (χ1v) is 10.0. The maximum atomic E-state index is 15.7. The molecule has 4 atom stereocenters. The van der Waals surface area contributed by atoms with Gasteiger partial charge in [-0.15, -0.1) is 0 Å². The van der Waals surface area contributed by atoms with Crippen LogP contribution in [0.5, 0.6) is 0 Å². The average Bonchev–Trinajstić information content (AvgIpc) is 3.21. The monoisotopic (exact) mass is 453 g/mol. The van der Waals surface area contributed by atoms with Gasteiger partial charge in [0.05, 0.1) is 11.1 Å². The summed E-state index contributed by atoms with van der Waals surface area (Å²) in [6.07, 6.45) is -7.98. The predicted octanol–water partition coefficient (Wildman–Crippen LogP) is 4.22. The normalized spacial score (nSPS) is 26.2. The number of halogens is 5. The van der Waals surface area contributed by atoms with Crippen LogP contribution < -0.4 is 5.32 Å². The number of aromatic nitrogens is 2. The molecule has 1 aliphatic rings. The van der Waals surface area contributed by atoms with Gasteiger partial charge in [-0.1, -0.05) is 18.2 Å². The fourth-order valence-electron chi connectivity index (χ4n) is 3.97. The van der Waals surface area contributed by atoms with Gasteiger partial charge in [0, 0.05) is 36.0 Å². The zero-order valence-electron chi connectivity index (χ0n) is 16.7. The standard InChI is InChI=1S/C22H20F5N3O2/c23-18-14(11-28-20(32)13-4-2-1-3-5-13)8-9-21(24,19(18)31)30-12-15-10-16(22(25,26)27)6-7-17(15)29-30/h1-7,10,12,14,18-19,31H,8-9,11H2,(H,28,32)/t14-,18-,19-,21+/m1/s1. The number of fused-ring (bicyclic) bond motifs is 1. The number of aliphatic hydroxyl groups is 1. The SMILES string of the molecule is O=C(NC[C@H]1CC[C@](F)(n2cc3cc(C(F)(F)F)ccc3n2)[C@H](O)[C@@H]1F)c1ccccc1. The van der Waals surface area contributed by atoms with E-state index in [-0.39, 0.29) is 30.3 Å². The summed E-state index contributed by atoms with van der Waals surface area (Å²) in [4.78, 5) is 12.2. The fourth-order valence-corrected chi connectivity index (χ4v) is 3.97. The molecule has 3 aromatic rings. The summed E-state index contributed by atoms with van der Waals surface area (Å²) >= 11 is 0. The fraction of sp³-hybridized carbons (Fsp3) is 0.364. The predicted molar refractivity (Wildman–Crippen MR) is 106 cm³/mol. The Balaban J connectivity index is 1.49. The van der Waals surface area contributed by atoms with Gasteiger partial charge in [0.1, 0.15) is 12.3 Å². The molecule has 0 unspecified atom stereocenters. The van der Waals surface area contributed by atoms with Crippen molar-refractivity contribution in [1.82, 2.24) is 15.1 Å². The Morgan fingerprint density at radius 3 is 2.62 bits per heavy atom. The van der Waals surface area contributed by atoms with Crippen LogP contribution in [0, 0.1) is 5.92 Å². The molecule has 1 aliphatic carbocycles. The van der Waals surface area contributed by atoms with Crippen LogP contribution in [0.4, 0.5) is 22.0 Å². The van der Waals surface area contributed by atoms with Gasteiger partial charge in [-0.05, 0) is 36.8 Å².